The Morgan fingerprint density at radius 2 is 2.00 bits per heavy atom. The van der Waals surface area contributed by atoms with Gasteiger partial charge < -0.3 is 13.7 Å². The summed E-state index contributed by atoms with van der Waals surface area (Å²) in [5.74, 6) is -0.670. The van der Waals surface area contributed by atoms with Crippen LogP contribution in [0, 0.1) is 10.1 Å². The van der Waals surface area contributed by atoms with Crippen LogP contribution >= 0.6 is 0 Å². The minimum absolute atomic E-state index is 0.00369. The van der Waals surface area contributed by atoms with Crippen molar-refractivity contribution >= 4 is 21.7 Å². The number of hydrogen-bond acceptors (Lipinski definition) is 9. The van der Waals surface area contributed by atoms with Crippen LogP contribution in [0.25, 0.3) is 11.5 Å². The molecule has 152 valence electrons. The molecule has 0 saturated heterocycles. The summed E-state index contributed by atoms with van der Waals surface area (Å²) in [5, 5.41) is 18.2. The van der Waals surface area contributed by atoms with Crippen molar-refractivity contribution in [2.75, 3.05) is 7.05 Å². The monoisotopic (exact) mass is 421 g/mol. The second-order valence-electron chi connectivity index (χ2n) is 5.76. The topological polar surface area (TPSA) is 159 Å². The van der Waals surface area contributed by atoms with Crippen LogP contribution in [0.2, 0.25) is 0 Å². The fourth-order valence-corrected chi connectivity index (χ4v) is 3.16. The Hall–Kier alpha value is -3.58. The van der Waals surface area contributed by atoms with E-state index in [0.29, 0.717) is 5.56 Å². The molecule has 0 radical (unpaired) electrons. The van der Waals surface area contributed by atoms with E-state index in [-0.39, 0.29) is 34.7 Å². The SMILES string of the molecule is CNS(=O)(=O)c1cc(C(=O)OCc2nnc(-c3ccc([N+](=O)[O-])cc3)o2)n(C)c1. The van der Waals surface area contributed by atoms with E-state index in [0.717, 1.165) is 0 Å². The van der Waals surface area contributed by atoms with Crippen molar-refractivity contribution in [2.24, 2.45) is 7.05 Å². The molecule has 0 saturated carbocycles. The number of ether oxygens (including phenoxy) is 1. The van der Waals surface area contributed by atoms with Gasteiger partial charge in [0.05, 0.1) is 4.92 Å². The van der Waals surface area contributed by atoms with Crippen LogP contribution < -0.4 is 4.72 Å². The molecule has 0 amide bonds. The third-order valence-electron chi connectivity index (χ3n) is 3.89. The summed E-state index contributed by atoms with van der Waals surface area (Å²) in [6.07, 6.45) is 1.28. The molecule has 12 nitrogen and oxygen atoms in total. The molecule has 0 atom stereocenters. The Morgan fingerprint density at radius 1 is 1.31 bits per heavy atom. The molecule has 0 spiro atoms. The van der Waals surface area contributed by atoms with Gasteiger partial charge in [0.2, 0.25) is 15.9 Å². The summed E-state index contributed by atoms with van der Waals surface area (Å²) in [7, 11) is -0.931. The Balaban J connectivity index is 1.68. The number of nitrogens with one attached hydrogen (secondary N) is 1. The summed E-state index contributed by atoms with van der Waals surface area (Å²) in [6.45, 7) is -0.335. The molecular weight excluding hydrogens is 406 g/mol. The maximum absolute atomic E-state index is 12.2. The lowest BCUT2D eigenvalue weighted by Gasteiger charge is -2.02. The van der Waals surface area contributed by atoms with E-state index in [4.69, 9.17) is 9.15 Å². The molecular formula is C16H15N5O7S. The number of nitro groups is 1. The van der Waals surface area contributed by atoms with Crippen molar-refractivity contribution in [3.05, 3.63) is 58.2 Å². The highest BCUT2D eigenvalue weighted by molar-refractivity contribution is 7.89. The summed E-state index contributed by atoms with van der Waals surface area (Å²) in [6, 6.07) is 6.69. The minimum Gasteiger partial charge on any atom is -0.451 e. The largest absolute Gasteiger partial charge is 0.451 e. The molecule has 0 aliphatic heterocycles. The number of non-ortho nitro benzene ring substituents is 1. The second-order valence-corrected chi connectivity index (χ2v) is 7.65. The molecule has 0 aliphatic carbocycles. The van der Waals surface area contributed by atoms with E-state index in [2.05, 4.69) is 14.9 Å². The average Bonchev–Trinajstić information content (AvgIpc) is 3.33. The Kier molecular flexibility index (Phi) is 5.43. The van der Waals surface area contributed by atoms with Crippen LogP contribution in [0.3, 0.4) is 0 Å². The molecule has 13 heteroatoms. The normalized spacial score (nSPS) is 11.4. The number of aromatic nitrogens is 3. The summed E-state index contributed by atoms with van der Waals surface area (Å²) in [4.78, 5) is 22.3. The first-order chi connectivity index (χ1) is 13.7. The van der Waals surface area contributed by atoms with E-state index in [1.807, 2.05) is 0 Å². The van der Waals surface area contributed by atoms with Crippen molar-refractivity contribution in [3.63, 3.8) is 0 Å². The quantitative estimate of drug-likeness (QED) is 0.336. The van der Waals surface area contributed by atoms with E-state index in [9.17, 15) is 23.3 Å². The number of hydrogen-bond donors (Lipinski definition) is 1. The van der Waals surface area contributed by atoms with Crippen LogP contribution in [-0.4, -0.2) is 41.1 Å². The summed E-state index contributed by atoms with van der Waals surface area (Å²) in [5.41, 5.74) is 0.406. The van der Waals surface area contributed by atoms with Gasteiger partial charge in [-0.2, -0.15) is 0 Å². The fraction of sp³-hybridized carbons (Fsp3) is 0.188. The number of rotatable bonds is 7. The van der Waals surface area contributed by atoms with Gasteiger partial charge in [0, 0.05) is 30.9 Å². The Labute approximate surface area is 164 Å². The number of esters is 1. The van der Waals surface area contributed by atoms with Gasteiger partial charge in [0.1, 0.15) is 10.6 Å². The summed E-state index contributed by atoms with van der Waals surface area (Å²) >= 11 is 0. The second kappa shape index (κ2) is 7.81. The number of sulfonamides is 1. The van der Waals surface area contributed by atoms with E-state index < -0.39 is 20.9 Å². The molecule has 2 heterocycles. The van der Waals surface area contributed by atoms with E-state index >= 15 is 0 Å². The van der Waals surface area contributed by atoms with Gasteiger partial charge in [-0.25, -0.2) is 17.9 Å². The van der Waals surface area contributed by atoms with Crippen LogP contribution in [0.1, 0.15) is 16.4 Å². The highest BCUT2D eigenvalue weighted by Crippen LogP contribution is 2.21. The number of nitro benzene ring substituents is 1. The molecule has 3 aromatic rings. The van der Waals surface area contributed by atoms with Crippen molar-refractivity contribution in [1.82, 2.24) is 19.5 Å². The molecule has 2 aromatic heterocycles. The predicted octanol–water partition coefficient (Wildman–Crippen LogP) is 1.25. The highest BCUT2D eigenvalue weighted by atomic mass is 32.2. The van der Waals surface area contributed by atoms with Crippen LogP contribution in [0.4, 0.5) is 5.69 Å². The molecule has 29 heavy (non-hydrogen) atoms. The molecule has 1 aromatic carbocycles. The Morgan fingerprint density at radius 3 is 2.62 bits per heavy atom. The molecule has 0 unspecified atom stereocenters. The van der Waals surface area contributed by atoms with Crippen LogP contribution in [0.15, 0.2) is 45.8 Å². The van der Waals surface area contributed by atoms with Crippen LogP contribution in [0.5, 0.6) is 0 Å². The van der Waals surface area contributed by atoms with Gasteiger partial charge in [-0.3, -0.25) is 10.1 Å². The zero-order valence-electron chi connectivity index (χ0n) is 15.2. The highest BCUT2D eigenvalue weighted by Gasteiger charge is 2.21. The zero-order chi connectivity index (χ0) is 21.2. The maximum atomic E-state index is 12.2. The number of carbonyl (C=O) groups is 1. The third kappa shape index (κ3) is 4.30. The molecule has 0 fully saturated rings. The van der Waals surface area contributed by atoms with Crippen molar-refractivity contribution in [2.45, 2.75) is 11.5 Å². The Bertz CT molecular complexity index is 1160. The first-order valence-corrected chi connectivity index (χ1v) is 9.54. The van der Waals surface area contributed by atoms with Gasteiger partial charge >= 0.3 is 5.97 Å². The van der Waals surface area contributed by atoms with E-state index in [1.165, 1.54) is 55.2 Å². The van der Waals surface area contributed by atoms with Gasteiger partial charge in [-0.05, 0) is 25.2 Å². The number of nitrogens with zero attached hydrogens (tertiary/aromatic N) is 4. The predicted molar refractivity (Wildman–Crippen MR) is 97.2 cm³/mol. The first-order valence-electron chi connectivity index (χ1n) is 8.05. The van der Waals surface area contributed by atoms with Crippen molar-refractivity contribution in [3.8, 4) is 11.5 Å². The summed E-state index contributed by atoms with van der Waals surface area (Å²) < 4.78 is 37.6. The molecule has 1 N–H and O–H groups in total. The number of carbonyl (C=O) groups excluding carboxylic acids is 1. The van der Waals surface area contributed by atoms with Gasteiger partial charge in [0.25, 0.3) is 11.6 Å². The maximum Gasteiger partial charge on any atom is 0.355 e. The van der Waals surface area contributed by atoms with Crippen LogP contribution in [-0.2, 0) is 28.4 Å². The third-order valence-corrected chi connectivity index (χ3v) is 5.27. The van der Waals surface area contributed by atoms with Gasteiger partial charge in [-0.15, -0.1) is 10.2 Å². The number of aryl methyl sites for hydroxylation is 1. The fourth-order valence-electron chi connectivity index (χ4n) is 2.36. The standard InChI is InChI=1S/C16H15N5O7S/c1-17-29(25,26)12-7-13(20(2)8-12)16(22)27-9-14-18-19-15(28-14)10-3-5-11(6-4-10)21(23)24/h3-8,17H,9H2,1-2H3. The molecule has 3 rings (SSSR count). The van der Waals surface area contributed by atoms with Gasteiger partial charge in [0.15, 0.2) is 6.61 Å². The first kappa shape index (κ1) is 20.2. The lowest BCUT2D eigenvalue weighted by atomic mass is 10.2. The lowest BCUT2D eigenvalue weighted by molar-refractivity contribution is -0.384. The smallest absolute Gasteiger partial charge is 0.355 e. The van der Waals surface area contributed by atoms with Gasteiger partial charge in [-0.1, -0.05) is 0 Å². The average molecular weight is 421 g/mol. The zero-order valence-corrected chi connectivity index (χ0v) is 16.0. The molecule has 0 bridgehead atoms. The number of benzene rings is 1. The molecule has 0 aliphatic rings. The lowest BCUT2D eigenvalue weighted by Crippen LogP contribution is -2.17. The minimum atomic E-state index is -3.70. The van der Waals surface area contributed by atoms with Crippen molar-refractivity contribution in [1.29, 1.82) is 0 Å². The van der Waals surface area contributed by atoms with Crippen molar-refractivity contribution < 1.29 is 27.3 Å². The van der Waals surface area contributed by atoms with E-state index in [1.54, 1.807) is 0 Å².